The number of carbonyl (C=O) groups excluding carboxylic acids is 1. The molecule has 0 amide bonds. The van der Waals surface area contributed by atoms with Gasteiger partial charge in [0.1, 0.15) is 12.2 Å². The summed E-state index contributed by atoms with van der Waals surface area (Å²) in [7, 11) is -8.22. The molecule has 0 heterocycles. The Morgan fingerprint density at radius 2 is 1.27 bits per heavy atom. The summed E-state index contributed by atoms with van der Waals surface area (Å²) in [6, 6.07) is 0.795. The van der Waals surface area contributed by atoms with Crippen molar-refractivity contribution in [2.75, 3.05) is 0 Å². The number of carbonyl (C=O) groups is 2. The minimum atomic E-state index is -2.43. The van der Waals surface area contributed by atoms with Gasteiger partial charge in [-0.2, -0.15) is 0 Å². The van der Waals surface area contributed by atoms with Gasteiger partial charge in [-0.3, -0.25) is 9.59 Å². The van der Waals surface area contributed by atoms with Crippen LogP contribution in [0.2, 0.25) is 65.0 Å². The molecular weight excluding hydrogens is 401 g/mol. The lowest BCUT2D eigenvalue weighted by molar-refractivity contribution is -0.140. The maximum Gasteiger partial charge on any atom is 0.315 e. The second-order valence-electron chi connectivity index (χ2n) is 9.38. The van der Waals surface area contributed by atoms with Crippen molar-refractivity contribution in [3.05, 3.63) is 0 Å². The Kier molecular flexibility index (Phi) is 9.85. The van der Waals surface area contributed by atoms with E-state index in [9.17, 15) is 9.59 Å². The van der Waals surface area contributed by atoms with Gasteiger partial charge in [0.05, 0.1) is 0 Å². The van der Waals surface area contributed by atoms with E-state index in [0.29, 0.717) is 12.8 Å². The van der Waals surface area contributed by atoms with Crippen molar-refractivity contribution in [3.8, 4) is 0 Å². The van der Waals surface area contributed by atoms with E-state index in [-0.39, 0.29) is 12.2 Å². The van der Waals surface area contributed by atoms with E-state index in [1.165, 1.54) is 0 Å². The Labute approximate surface area is 163 Å². The van der Waals surface area contributed by atoms with Crippen LogP contribution in [0.5, 0.6) is 0 Å². The van der Waals surface area contributed by atoms with Gasteiger partial charge in [-0.15, -0.1) is 0 Å². The molecule has 0 rings (SSSR count). The third kappa shape index (κ3) is 14.0. The lowest BCUT2D eigenvalue weighted by Crippen LogP contribution is -2.56. The van der Waals surface area contributed by atoms with Gasteiger partial charge in [-0.05, 0) is 71.4 Å². The van der Waals surface area contributed by atoms with Crippen LogP contribution >= 0.6 is 0 Å². The normalized spacial score (nSPS) is 15.6. The van der Waals surface area contributed by atoms with E-state index < -0.39 is 39.7 Å². The molecule has 0 saturated carbocycles. The molecule has 1 N–H and O–H groups in total. The highest BCUT2D eigenvalue weighted by Gasteiger charge is 2.44. The quantitative estimate of drug-likeness (QED) is 0.255. The van der Waals surface area contributed by atoms with Crippen LogP contribution in [0.3, 0.4) is 0 Å². The molecule has 0 spiro atoms. The Bertz CT molecular complexity index is 484. The number of hydrogen-bond donors (Lipinski definition) is 1. The molecule has 0 saturated heterocycles. The first-order valence-corrected chi connectivity index (χ1v) is 21.4. The van der Waals surface area contributed by atoms with Crippen LogP contribution in [0.15, 0.2) is 0 Å². The molecule has 6 nitrogen and oxygen atoms in total. The number of carboxylic acids is 1. The van der Waals surface area contributed by atoms with Gasteiger partial charge in [0.15, 0.2) is 16.6 Å². The fourth-order valence-corrected chi connectivity index (χ4v) is 21.1. The SMILES string of the molecule is C[Si](C)(C)O[Si](C)(C)O[Si](C)(CCCCC(=O)CC(=O)O)O[Si](C)(C)C. The minimum Gasteiger partial charge on any atom is -0.481 e. The summed E-state index contributed by atoms with van der Waals surface area (Å²) in [5, 5.41) is 8.66. The van der Waals surface area contributed by atoms with Crippen LogP contribution in [0.4, 0.5) is 0 Å². The van der Waals surface area contributed by atoms with Crippen molar-refractivity contribution in [2.24, 2.45) is 0 Å². The predicted octanol–water partition coefficient (Wildman–Crippen LogP) is 4.69. The first kappa shape index (κ1) is 25.9. The van der Waals surface area contributed by atoms with Crippen LogP contribution in [-0.2, 0) is 21.9 Å². The zero-order valence-electron chi connectivity index (χ0n) is 18.0. The van der Waals surface area contributed by atoms with Gasteiger partial charge in [0.2, 0.25) is 0 Å². The highest BCUT2D eigenvalue weighted by molar-refractivity contribution is 6.89. The Balaban J connectivity index is 4.88. The Morgan fingerprint density at radius 1 is 0.769 bits per heavy atom. The summed E-state index contributed by atoms with van der Waals surface area (Å²) in [4.78, 5) is 22.1. The maximum absolute atomic E-state index is 11.6. The van der Waals surface area contributed by atoms with E-state index in [2.05, 4.69) is 58.9 Å². The Morgan fingerprint density at radius 3 is 1.69 bits per heavy atom. The van der Waals surface area contributed by atoms with E-state index in [4.69, 9.17) is 17.5 Å². The summed E-state index contributed by atoms with van der Waals surface area (Å²) < 4.78 is 19.4. The van der Waals surface area contributed by atoms with Gasteiger partial charge in [-0.1, -0.05) is 6.42 Å². The summed E-state index contributed by atoms with van der Waals surface area (Å²) in [5.74, 6) is -1.28. The number of carboxylic acid groups (broad SMARTS) is 1. The molecule has 0 aromatic rings. The number of hydrogen-bond acceptors (Lipinski definition) is 5. The standard InChI is InChI=1S/C16H38O6Si4/c1-23(2,3)20-25(7,8)22-26(9,21-24(4,5)6)13-11-10-12-15(17)14-16(18)19/h10-14H2,1-9H3,(H,18,19). The largest absolute Gasteiger partial charge is 0.481 e. The number of aliphatic carboxylic acids is 1. The zero-order valence-corrected chi connectivity index (χ0v) is 22.0. The highest BCUT2D eigenvalue weighted by Crippen LogP contribution is 2.28. The molecule has 154 valence electrons. The fraction of sp³-hybridized carbons (Fsp3) is 0.875. The fourth-order valence-electron chi connectivity index (χ4n) is 3.07. The smallest absolute Gasteiger partial charge is 0.315 e. The van der Waals surface area contributed by atoms with Crippen LogP contribution < -0.4 is 0 Å². The van der Waals surface area contributed by atoms with Crippen molar-refractivity contribution >= 4 is 45.5 Å². The molecule has 0 aromatic heterocycles. The Hall–Kier alpha value is -0.112. The molecule has 26 heavy (non-hydrogen) atoms. The molecule has 0 aliphatic rings. The van der Waals surface area contributed by atoms with Crippen LogP contribution in [0, 0.1) is 0 Å². The van der Waals surface area contributed by atoms with E-state index in [0.717, 1.165) is 12.5 Å². The summed E-state index contributed by atoms with van der Waals surface area (Å²) >= 11 is 0. The third-order valence-electron chi connectivity index (χ3n) is 3.22. The van der Waals surface area contributed by atoms with Crippen molar-refractivity contribution < 1.29 is 27.0 Å². The molecule has 10 heteroatoms. The molecule has 0 aliphatic heterocycles. The van der Waals surface area contributed by atoms with Crippen LogP contribution in [-0.4, -0.2) is 50.6 Å². The lowest BCUT2D eigenvalue weighted by Gasteiger charge is -2.41. The summed E-state index contributed by atoms with van der Waals surface area (Å²) in [5.41, 5.74) is 0. The average Bonchev–Trinajstić information content (AvgIpc) is 2.26. The number of Topliss-reactive ketones (excluding diaryl/α,β-unsaturated/α-hetero) is 1. The van der Waals surface area contributed by atoms with E-state index in [1.54, 1.807) is 0 Å². The highest BCUT2D eigenvalue weighted by atomic mass is 28.5. The number of ketones is 1. The van der Waals surface area contributed by atoms with Crippen molar-refractivity contribution in [3.63, 3.8) is 0 Å². The molecule has 1 unspecified atom stereocenters. The molecule has 0 fully saturated rings. The van der Waals surface area contributed by atoms with Gasteiger partial charge in [0, 0.05) is 6.42 Å². The minimum absolute atomic E-state index is 0.218. The van der Waals surface area contributed by atoms with Crippen molar-refractivity contribution in [1.29, 1.82) is 0 Å². The first-order chi connectivity index (χ1) is 11.4. The van der Waals surface area contributed by atoms with E-state index >= 15 is 0 Å². The predicted molar refractivity (Wildman–Crippen MR) is 115 cm³/mol. The molecule has 0 radical (unpaired) electrons. The van der Waals surface area contributed by atoms with Gasteiger partial charge in [0.25, 0.3) is 0 Å². The maximum atomic E-state index is 11.6. The van der Waals surface area contributed by atoms with E-state index in [1.807, 2.05) is 0 Å². The molecule has 1 atom stereocenters. The van der Waals surface area contributed by atoms with Crippen LogP contribution in [0.1, 0.15) is 25.7 Å². The lowest BCUT2D eigenvalue weighted by atomic mass is 10.1. The summed E-state index contributed by atoms with van der Waals surface area (Å²) in [6.07, 6.45) is 1.39. The van der Waals surface area contributed by atoms with Crippen LogP contribution in [0.25, 0.3) is 0 Å². The molecule has 0 aromatic carbocycles. The van der Waals surface area contributed by atoms with Crippen molar-refractivity contribution in [1.82, 2.24) is 0 Å². The zero-order chi connectivity index (χ0) is 20.8. The first-order valence-electron chi connectivity index (χ1n) is 9.27. The van der Waals surface area contributed by atoms with Gasteiger partial charge < -0.3 is 17.5 Å². The van der Waals surface area contributed by atoms with Gasteiger partial charge in [-0.25, -0.2) is 0 Å². The molecule has 0 aliphatic carbocycles. The number of unbranched alkanes of at least 4 members (excludes halogenated alkanes) is 1. The third-order valence-corrected chi connectivity index (χ3v) is 16.8. The second-order valence-corrected chi connectivity index (χ2v) is 25.8. The summed E-state index contributed by atoms with van der Waals surface area (Å²) in [6.45, 7) is 19.2. The topological polar surface area (TPSA) is 82.1 Å². The monoisotopic (exact) mass is 438 g/mol. The second kappa shape index (κ2) is 9.89. The van der Waals surface area contributed by atoms with Crippen molar-refractivity contribution in [2.45, 2.75) is 90.7 Å². The number of rotatable bonds is 13. The van der Waals surface area contributed by atoms with Gasteiger partial charge >= 0.3 is 23.1 Å². The molecule has 0 bridgehead atoms. The average molecular weight is 439 g/mol. The molecular formula is C16H38O6Si4.